The van der Waals surface area contributed by atoms with Crippen LogP contribution in [0.2, 0.25) is 0 Å². The maximum Gasteiger partial charge on any atom is 0.193 e. The second kappa shape index (κ2) is 21.0. The topological polar surface area (TPSA) is 80.3 Å². The van der Waals surface area contributed by atoms with Gasteiger partial charge in [0.15, 0.2) is 11.6 Å². The van der Waals surface area contributed by atoms with Crippen molar-refractivity contribution in [3.8, 4) is 75.4 Å². The van der Waals surface area contributed by atoms with Gasteiger partial charge in [0.1, 0.15) is 51.7 Å². The van der Waals surface area contributed by atoms with Crippen molar-refractivity contribution in [3.05, 3.63) is 269 Å². The van der Waals surface area contributed by atoms with Gasteiger partial charge in [-0.05, 0) is 176 Å². The van der Waals surface area contributed by atoms with Crippen LogP contribution in [0.25, 0.3) is 0 Å². The maximum absolute atomic E-state index is 13.4. The standard InChI is InChI=1S/C61H40O7/c1-64-55-14-5-11-44(39-55)21-22-46-13-7-16-57(41-46)66-52-33-25-48(26-34-52)61(63)50-29-37-54(38-30-50)68-59-18-8-17-58(42-59)67-53-35-27-49(28-36-53)60(62)47-23-31-51(32-24-47)65-56-15-6-12-45(40-56)20-19-43-9-3-2-4-10-43/h2-18,23-42H,1H3. The van der Waals surface area contributed by atoms with Crippen LogP contribution in [0.5, 0.6) is 51.7 Å². The van der Waals surface area contributed by atoms with Crippen LogP contribution in [-0.4, -0.2) is 18.7 Å². The van der Waals surface area contributed by atoms with Crippen LogP contribution in [0.3, 0.4) is 0 Å². The van der Waals surface area contributed by atoms with Gasteiger partial charge in [-0.1, -0.05) is 66.1 Å². The molecule has 0 aromatic heterocycles. The van der Waals surface area contributed by atoms with Crippen LogP contribution in [0.4, 0.5) is 0 Å². The molecule has 0 aliphatic heterocycles. The smallest absolute Gasteiger partial charge is 0.193 e. The molecule has 0 saturated carbocycles. The number of hydrogen-bond donors (Lipinski definition) is 0. The lowest BCUT2D eigenvalue weighted by molar-refractivity contribution is 0.103. The monoisotopic (exact) mass is 884 g/mol. The molecule has 0 heterocycles. The summed E-state index contributed by atoms with van der Waals surface area (Å²) < 4.78 is 29.7. The number of rotatable bonds is 13. The van der Waals surface area contributed by atoms with Crippen molar-refractivity contribution in [2.75, 3.05) is 7.11 Å². The Bertz CT molecular complexity index is 3340. The Morgan fingerprint density at radius 1 is 0.279 bits per heavy atom. The van der Waals surface area contributed by atoms with Crippen molar-refractivity contribution in [1.82, 2.24) is 0 Å². The quantitative estimate of drug-likeness (QED) is 0.0843. The number of carbonyl (C=O) groups is 2. The van der Waals surface area contributed by atoms with Crippen LogP contribution in [-0.2, 0) is 0 Å². The third-order valence-electron chi connectivity index (χ3n) is 10.4. The van der Waals surface area contributed by atoms with E-state index in [-0.39, 0.29) is 11.6 Å². The van der Waals surface area contributed by atoms with Crippen LogP contribution >= 0.6 is 0 Å². The third-order valence-corrected chi connectivity index (χ3v) is 10.4. The molecule has 9 aromatic rings. The molecule has 0 aliphatic rings. The highest BCUT2D eigenvalue weighted by Gasteiger charge is 2.13. The normalized spacial score (nSPS) is 10.3. The first-order chi connectivity index (χ1) is 33.4. The zero-order valence-electron chi connectivity index (χ0n) is 36.7. The molecule has 0 radical (unpaired) electrons. The molecule has 7 heteroatoms. The molecule has 0 N–H and O–H groups in total. The lowest BCUT2D eigenvalue weighted by atomic mass is 10.0. The van der Waals surface area contributed by atoms with Crippen LogP contribution in [0, 0.1) is 23.7 Å². The molecule has 0 atom stereocenters. The van der Waals surface area contributed by atoms with Crippen molar-refractivity contribution in [1.29, 1.82) is 0 Å². The Hall–Kier alpha value is -9.56. The van der Waals surface area contributed by atoms with Gasteiger partial charge in [-0.2, -0.15) is 0 Å². The lowest BCUT2D eigenvalue weighted by Crippen LogP contribution is -2.01. The second-order valence-electron chi connectivity index (χ2n) is 15.3. The summed E-state index contributed by atoms with van der Waals surface area (Å²) in [5, 5.41) is 0. The minimum atomic E-state index is -0.132. The fraction of sp³-hybridized carbons (Fsp3) is 0.0164. The lowest BCUT2D eigenvalue weighted by Gasteiger charge is -2.10. The molecule has 0 bridgehead atoms. The summed E-state index contributed by atoms with van der Waals surface area (Å²) in [5.41, 5.74) is 5.52. The zero-order valence-corrected chi connectivity index (χ0v) is 36.7. The predicted octanol–water partition coefficient (Wildman–Crippen LogP) is 14.1. The van der Waals surface area contributed by atoms with Gasteiger partial charge in [0, 0.05) is 50.6 Å². The highest BCUT2D eigenvalue weighted by Crippen LogP contribution is 2.31. The number of hydrogen-bond acceptors (Lipinski definition) is 7. The van der Waals surface area contributed by atoms with Gasteiger partial charge in [0.05, 0.1) is 7.11 Å². The van der Waals surface area contributed by atoms with Crippen LogP contribution in [0.1, 0.15) is 54.1 Å². The Balaban J connectivity index is 0.758. The van der Waals surface area contributed by atoms with Crippen molar-refractivity contribution < 1.29 is 33.3 Å². The van der Waals surface area contributed by atoms with Crippen molar-refractivity contribution in [3.63, 3.8) is 0 Å². The molecule has 0 saturated heterocycles. The first-order valence-corrected chi connectivity index (χ1v) is 21.6. The maximum atomic E-state index is 13.4. The molecule has 9 rings (SSSR count). The molecule has 0 spiro atoms. The summed E-state index contributed by atoms with van der Waals surface area (Å²) in [6, 6.07) is 67.8. The van der Waals surface area contributed by atoms with Gasteiger partial charge in [0.25, 0.3) is 0 Å². The van der Waals surface area contributed by atoms with Crippen molar-refractivity contribution in [2.24, 2.45) is 0 Å². The fourth-order valence-corrected chi connectivity index (χ4v) is 6.96. The number of carbonyl (C=O) groups excluding carboxylic acids is 2. The Kier molecular flexibility index (Phi) is 13.5. The number of benzene rings is 9. The third kappa shape index (κ3) is 11.6. The van der Waals surface area contributed by atoms with Gasteiger partial charge >= 0.3 is 0 Å². The summed E-state index contributed by atoms with van der Waals surface area (Å²) in [6.45, 7) is 0. The summed E-state index contributed by atoms with van der Waals surface area (Å²) in [4.78, 5) is 26.7. The van der Waals surface area contributed by atoms with E-state index in [9.17, 15) is 9.59 Å². The van der Waals surface area contributed by atoms with E-state index < -0.39 is 0 Å². The zero-order chi connectivity index (χ0) is 46.5. The summed E-state index contributed by atoms with van der Waals surface area (Å²) >= 11 is 0. The molecule has 0 amide bonds. The fourth-order valence-electron chi connectivity index (χ4n) is 6.96. The van der Waals surface area contributed by atoms with E-state index in [0.717, 1.165) is 28.0 Å². The molecule has 7 nitrogen and oxygen atoms in total. The second-order valence-corrected chi connectivity index (χ2v) is 15.3. The summed E-state index contributed by atoms with van der Waals surface area (Å²) in [6.07, 6.45) is 0. The molecule has 0 fully saturated rings. The minimum Gasteiger partial charge on any atom is -0.497 e. The summed E-state index contributed by atoms with van der Waals surface area (Å²) in [7, 11) is 1.63. The van der Waals surface area contributed by atoms with E-state index in [1.807, 2.05) is 121 Å². The highest BCUT2D eigenvalue weighted by atomic mass is 16.5. The molecule has 0 aliphatic carbocycles. The molecule has 9 aromatic carbocycles. The first kappa shape index (κ1) is 43.7. The van der Waals surface area contributed by atoms with Gasteiger partial charge < -0.3 is 23.7 Å². The number of ketones is 2. The molecule has 0 unspecified atom stereocenters. The first-order valence-electron chi connectivity index (χ1n) is 21.6. The van der Waals surface area contributed by atoms with E-state index >= 15 is 0 Å². The number of ether oxygens (including phenoxy) is 5. The van der Waals surface area contributed by atoms with E-state index in [1.165, 1.54) is 0 Å². The number of methoxy groups -OCH3 is 1. The van der Waals surface area contributed by atoms with Crippen LogP contribution in [0.15, 0.2) is 224 Å². The van der Waals surface area contributed by atoms with Crippen LogP contribution < -0.4 is 23.7 Å². The average molecular weight is 885 g/mol. The van der Waals surface area contributed by atoms with E-state index in [2.05, 4.69) is 23.7 Å². The highest BCUT2D eigenvalue weighted by molar-refractivity contribution is 6.09. The Labute approximate surface area is 394 Å². The molecule has 326 valence electrons. The molecule has 68 heavy (non-hydrogen) atoms. The van der Waals surface area contributed by atoms with Gasteiger partial charge in [-0.15, -0.1) is 0 Å². The van der Waals surface area contributed by atoms with Crippen molar-refractivity contribution >= 4 is 11.6 Å². The largest absolute Gasteiger partial charge is 0.497 e. The Morgan fingerprint density at radius 3 is 0.912 bits per heavy atom. The van der Waals surface area contributed by atoms with E-state index in [4.69, 9.17) is 23.7 Å². The van der Waals surface area contributed by atoms with Gasteiger partial charge in [-0.3, -0.25) is 9.59 Å². The molecular formula is C61H40O7. The predicted molar refractivity (Wildman–Crippen MR) is 264 cm³/mol. The van der Waals surface area contributed by atoms with Gasteiger partial charge in [0.2, 0.25) is 0 Å². The minimum absolute atomic E-state index is 0.126. The Morgan fingerprint density at radius 2 is 0.559 bits per heavy atom. The van der Waals surface area contributed by atoms with E-state index in [0.29, 0.717) is 68.2 Å². The van der Waals surface area contributed by atoms with Crippen molar-refractivity contribution in [2.45, 2.75) is 0 Å². The van der Waals surface area contributed by atoms with E-state index in [1.54, 1.807) is 110 Å². The summed E-state index contributed by atoms with van der Waals surface area (Å²) in [5.74, 6) is 17.9. The average Bonchev–Trinajstić information content (AvgIpc) is 3.39. The molecular weight excluding hydrogens is 845 g/mol. The van der Waals surface area contributed by atoms with Gasteiger partial charge in [-0.25, -0.2) is 0 Å². The SMILES string of the molecule is COc1cccc(C#Cc2cccc(Oc3ccc(C(=O)c4ccc(Oc5cccc(Oc6ccc(C(=O)c7ccc(Oc8cccc(C#Cc9ccccc9)c8)cc7)cc6)c5)cc4)cc3)c2)c1.